The van der Waals surface area contributed by atoms with Gasteiger partial charge in [0.15, 0.2) is 0 Å². The molecule has 0 heterocycles. The van der Waals surface area contributed by atoms with Gasteiger partial charge in [-0.3, -0.25) is 0 Å². The Bertz CT molecular complexity index is 269. The van der Waals surface area contributed by atoms with Crippen LogP contribution < -0.4 is 0 Å². The molecule has 0 aromatic rings. The summed E-state index contributed by atoms with van der Waals surface area (Å²) in [6.45, 7) is 31.3. The predicted molar refractivity (Wildman–Crippen MR) is 107 cm³/mol. The summed E-state index contributed by atoms with van der Waals surface area (Å²) < 4.78 is 0. The maximum absolute atomic E-state index is 2.61. The van der Waals surface area contributed by atoms with Gasteiger partial charge < -0.3 is 22.2 Å². The summed E-state index contributed by atoms with van der Waals surface area (Å²) in [5.74, 6) is 0. The SMILES string of the molecule is C[Si](C)(C)[C-]1C([Si](C)(C)C)[C-]([Si](C)(C)C)C1[Si](C)(C)C. The maximum atomic E-state index is 2.61. The number of rotatable bonds is 4. The first-order chi connectivity index (χ1) is 8.49. The number of hydrogen-bond acceptors (Lipinski definition) is 0. The minimum absolute atomic E-state index is 0.956. The van der Waals surface area contributed by atoms with Gasteiger partial charge in [0.2, 0.25) is 0 Å². The molecule has 0 unspecified atom stereocenters. The van der Waals surface area contributed by atoms with Crippen LogP contribution in [-0.4, -0.2) is 32.3 Å². The lowest BCUT2D eigenvalue weighted by molar-refractivity contribution is 0.673. The molecule has 0 amide bonds. The molecule has 1 aliphatic carbocycles. The molecule has 0 aromatic carbocycles. The molecule has 0 spiro atoms. The summed E-state index contributed by atoms with van der Waals surface area (Å²) >= 11 is 0. The van der Waals surface area contributed by atoms with Crippen LogP contribution in [0.3, 0.4) is 0 Å². The molecule has 0 nitrogen and oxygen atoms in total. The van der Waals surface area contributed by atoms with Crippen molar-refractivity contribution in [2.24, 2.45) is 0 Å². The van der Waals surface area contributed by atoms with Gasteiger partial charge in [-0.05, 0) is 16.1 Å². The van der Waals surface area contributed by atoms with Gasteiger partial charge in [-0.2, -0.15) is 0 Å². The average Bonchev–Trinajstić information content (AvgIpc) is 1.86. The highest BCUT2D eigenvalue weighted by atomic mass is 28.3. The second kappa shape index (κ2) is 5.20. The summed E-state index contributed by atoms with van der Waals surface area (Å²) in [6.07, 6.45) is 0. The highest BCUT2D eigenvalue weighted by Gasteiger charge is 2.45. The van der Waals surface area contributed by atoms with Crippen molar-refractivity contribution < 1.29 is 0 Å². The second-order valence-corrected chi connectivity index (χ2v) is 31.8. The first-order valence-electron chi connectivity index (χ1n) is 8.23. The van der Waals surface area contributed by atoms with Crippen LogP contribution in [-0.2, 0) is 0 Å². The van der Waals surface area contributed by atoms with Crippen molar-refractivity contribution in [3.8, 4) is 0 Å². The fourth-order valence-electron chi connectivity index (χ4n) is 4.17. The van der Waals surface area contributed by atoms with E-state index in [9.17, 15) is 0 Å². The van der Waals surface area contributed by atoms with E-state index >= 15 is 0 Å². The minimum Gasteiger partial charge on any atom is -0.370 e. The van der Waals surface area contributed by atoms with Crippen LogP contribution in [0.25, 0.3) is 0 Å². The Kier molecular flexibility index (Phi) is 4.92. The fraction of sp³-hybridized carbons (Fsp3) is 0.875. The molecule has 0 radical (unpaired) electrons. The van der Waals surface area contributed by atoms with Crippen LogP contribution in [0.5, 0.6) is 0 Å². The van der Waals surface area contributed by atoms with E-state index in [-0.39, 0.29) is 0 Å². The van der Waals surface area contributed by atoms with E-state index in [0.717, 1.165) is 11.1 Å². The highest BCUT2D eigenvalue weighted by molar-refractivity contribution is 6.97. The maximum Gasteiger partial charge on any atom is -0.0101 e. The van der Waals surface area contributed by atoms with Crippen molar-refractivity contribution in [3.05, 3.63) is 11.1 Å². The molecule has 1 aliphatic rings. The molecule has 20 heavy (non-hydrogen) atoms. The Balaban J connectivity index is 3.33. The van der Waals surface area contributed by atoms with Crippen LogP contribution in [0, 0.1) is 11.1 Å². The van der Waals surface area contributed by atoms with Crippen molar-refractivity contribution in [1.82, 2.24) is 0 Å². The van der Waals surface area contributed by atoms with Gasteiger partial charge in [0.05, 0.1) is 0 Å². The normalized spacial score (nSPS) is 27.6. The van der Waals surface area contributed by atoms with Crippen molar-refractivity contribution in [2.45, 2.75) is 89.6 Å². The molecule has 120 valence electrons. The summed E-state index contributed by atoms with van der Waals surface area (Å²) in [5.41, 5.74) is 6.07. The Morgan fingerprint density at radius 2 is 0.650 bits per heavy atom. The van der Waals surface area contributed by atoms with Gasteiger partial charge in [-0.15, -0.1) is 16.1 Å². The van der Waals surface area contributed by atoms with E-state index in [4.69, 9.17) is 0 Å². The third-order valence-corrected chi connectivity index (χ3v) is 15.2. The topological polar surface area (TPSA) is 0 Å². The van der Waals surface area contributed by atoms with E-state index in [1.165, 1.54) is 0 Å². The van der Waals surface area contributed by atoms with Crippen LogP contribution in [0.1, 0.15) is 0 Å². The van der Waals surface area contributed by atoms with Crippen LogP contribution in [0.15, 0.2) is 0 Å². The summed E-state index contributed by atoms with van der Waals surface area (Å²) in [6, 6.07) is 0. The third-order valence-electron chi connectivity index (χ3n) is 4.71. The zero-order chi connectivity index (χ0) is 16.3. The van der Waals surface area contributed by atoms with Gasteiger partial charge >= 0.3 is 0 Å². The van der Waals surface area contributed by atoms with Crippen LogP contribution >= 0.6 is 0 Å². The monoisotopic (exact) mass is 342 g/mol. The third kappa shape index (κ3) is 3.61. The molecule has 1 fully saturated rings. The van der Waals surface area contributed by atoms with Crippen molar-refractivity contribution >= 4 is 32.3 Å². The molecule has 0 bridgehead atoms. The highest BCUT2D eigenvalue weighted by Crippen LogP contribution is 2.70. The second-order valence-electron chi connectivity index (χ2n) is 11.0. The van der Waals surface area contributed by atoms with Gasteiger partial charge in [0, 0.05) is 0 Å². The first-order valence-corrected chi connectivity index (χ1v) is 22.4. The molecule has 0 N–H and O–H groups in total. The average molecular weight is 343 g/mol. The van der Waals surface area contributed by atoms with Gasteiger partial charge in [0.1, 0.15) is 0 Å². The molecular weight excluding hydrogens is 305 g/mol. The zero-order valence-electron chi connectivity index (χ0n) is 16.2. The lowest BCUT2D eigenvalue weighted by Crippen LogP contribution is -2.66. The molecule has 0 atom stereocenters. The Labute approximate surface area is 133 Å². The van der Waals surface area contributed by atoms with Crippen LogP contribution in [0.2, 0.25) is 89.6 Å². The first kappa shape index (κ1) is 18.9. The van der Waals surface area contributed by atoms with Crippen molar-refractivity contribution in [2.75, 3.05) is 0 Å². The van der Waals surface area contributed by atoms with E-state index in [2.05, 4.69) is 89.6 Å². The molecule has 0 aliphatic heterocycles. The molecule has 1 saturated carbocycles. The largest absolute Gasteiger partial charge is 0.370 e. The lowest BCUT2D eigenvalue weighted by atomic mass is 9.95. The van der Waals surface area contributed by atoms with Gasteiger partial charge in [0.25, 0.3) is 0 Å². The summed E-state index contributed by atoms with van der Waals surface area (Å²) in [4.78, 5) is 0. The van der Waals surface area contributed by atoms with E-state index in [1.807, 2.05) is 0 Å². The minimum atomic E-state index is -1.15. The number of hydrogen-bond donors (Lipinski definition) is 0. The molecule has 4 heteroatoms. The summed E-state index contributed by atoms with van der Waals surface area (Å²) in [7, 11) is -4.55. The van der Waals surface area contributed by atoms with Crippen LogP contribution in [0.4, 0.5) is 0 Å². The lowest BCUT2D eigenvalue weighted by Gasteiger charge is -2.90. The van der Waals surface area contributed by atoms with Gasteiger partial charge in [-0.25, -0.2) is 0 Å². The molecule has 0 saturated heterocycles. The van der Waals surface area contributed by atoms with E-state index in [1.54, 1.807) is 0 Å². The quantitative estimate of drug-likeness (QED) is 0.414. The van der Waals surface area contributed by atoms with E-state index in [0.29, 0.717) is 0 Å². The van der Waals surface area contributed by atoms with E-state index < -0.39 is 32.3 Å². The zero-order valence-corrected chi connectivity index (χ0v) is 20.2. The van der Waals surface area contributed by atoms with Crippen molar-refractivity contribution in [3.63, 3.8) is 0 Å². The van der Waals surface area contributed by atoms with Crippen molar-refractivity contribution in [1.29, 1.82) is 0 Å². The Hall–Kier alpha value is 0.868. The molecule has 1 rings (SSSR count). The molecular formula is C16H38Si4-2. The Morgan fingerprint density at radius 3 is 0.750 bits per heavy atom. The van der Waals surface area contributed by atoms with Gasteiger partial charge in [-0.1, -0.05) is 78.6 Å². The predicted octanol–water partition coefficient (Wildman–Crippen LogP) is 6.32. The Morgan fingerprint density at radius 1 is 0.450 bits per heavy atom. The molecule has 0 aromatic heterocycles. The fourth-order valence-corrected chi connectivity index (χ4v) is 23.7. The summed E-state index contributed by atoms with van der Waals surface area (Å²) in [5, 5.41) is 0. The standard InChI is InChI=1S/C16H38Si4/c1-17(2,3)13-14(18(4,5)6)16(20(10,11)12)15(13)19(7,8)9/h13,16H,1-12H3/q-2. The smallest absolute Gasteiger partial charge is 0.0101 e.